The molecule has 1 aromatic rings. The Bertz CT molecular complexity index is 658. The number of hydrogen-bond acceptors (Lipinski definition) is 4. The highest BCUT2D eigenvalue weighted by atomic mass is 35.5. The van der Waals surface area contributed by atoms with E-state index in [0.29, 0.717) is 19.2 Å². The van der Waals surface area contributed by atoms with Crippen molar-refractivity contribution in [3.63, 3.8) is 0 Å². The highest BCUT2D eigenvalue weighted by Gasteiger charge is 2.22. The van der Waals surface area contributed by atoms with Crippen LogP contribution < -0.4 is 21.5 Å². The normalized spacial score (nSPS) is 21.5. The van der Waals surface area contributed by atoms with Crippen molar-refractivity contribution in [1.82, 2.24) is 21.5 Å². The molecule has 2 unspecified atom stereocenters. The first-order valence-corrected chi connectivity index (χ1v) is 8.96. The molecule has 0 radical (unpaired) electrons. The van der Waals surface area contributed by atoms with Gasteiger partial charge in [0.25, 0.3) is 5.91 Å². The standard InChI is InChI=1S/C17H25ClFN5O2/c1-4-26-9-11(3)20-17(21-15-7-10(2)23-24-15)22-16(25)12-5-6-13(18)14(19)8-12/h5-6,8,10-11,15,23-24H,4,7,9H2,1-3H3,(H2,20,21,22,25)/t10?,11-,15?/m0/s1. The minimum absolute atomic E-state index is 0.0393. The smallest absolute Gasteiger partial charge is 0.280 e. The van der Waals surface area contributed by atoms with Crippen molar-refractivity contribution < 1.29 is 13.9 Å². The van der Waals surface area contributed by atoms with Crippen LogP contribution in [0.5, 0.6) is 0 Å². The van der Waals surface area contributed by atoms with Crippen molar-refractivity contribution in [3.8, 4) is 0 Å². The van der Waals surface area contributed by atoms with Crippen LogP contribution in [0, 0.1) is 5.82 Å². The van der Waals surface area contributed by atoms with E-state index in [1.807, 2.05) is 20.8 Å². The number of carbonyl (C=O) groups excluding carboxylic acids is 1. The number of ether oxygens (including phenoxy) is 1. The van der Waals surface area contributed by atoms with Gasteiger partial charge in [0.1, 0.15) is 5.82 Å². The second-order valence-corrected chi connectivity index (χ2v) is 6.63. The summed E-state index contributed by atoms with van der Waals surface area (Å²) in [6.07, 6.45) is 0.718. The number of amides is 1. The van der Waals surface area contributed by atoms with Crippen LogP contribution in [0.2, 0.25) is 5.02 Å². The highest BCUT2D eigenvalue weighted by Crippen LogP contribution is 2.16. The van der Waals surface area contributed by atoms with E-state index >= 15 is 0 Å². The molecule has 26 heavy (non-hydrogen) atoms. The summed E-state index contributed by atoms with van der Waals surface area (Å²) in [5.41, 5.74) is 6.29. The number of hydrogen-bond donors (Lipinski definition) is 4. The minimum Gasteiger partial charge on any atom is -0.380 e. The fourth-order valence-electron chi connectivity index (χ4n) is 2.45. The summed E-state index contributed by atoms with van der Waals surface area (Å²) in [5, 5.41) is 6.24. The Morgan fingerprint density at radius 2 is 2.27 bits per heavy atom. The van der Waals surface area contributed by atoms with Crippen molar-refractivity contribution in [1.29, 1.82) is 0 Å². The van der Waals surface area contributed by atoms with Crippen LogP contribution in [0.4, 0.5) is 4.39 Å². The summed E-state index contributed by atoms with van der Waals surface area (Å²) in [6, 6.07) is 4.07. The van der Waals surface area contributed by atoms with Gasteiger partial charge in [0.2, 0.25) is 5.96 Å². The first-order chi connectivity index (χ1) is 12.4. The average molecular weight is 386 g/mol. The first-order valence-electron chi connectivity index (χ1n) is 8.59. The number of nitrogens with one attached hydrogen (secondary N) is 4. The molecule has 0 spiro atoms. The van der Waals surface area contributed by atoms with Gasteiger partial charge in [-0.3, -0.25) is 10.2 Å². The van der Waals surface area contributed by atoms with E-state index < -0.39 is 11.7 Å². The lowest BCUT2D eigenvalue weighted by Gasteiger charge is -2.21. The van der Waals surface area contributed by atoms with E-state index in [9.17, 15) is 9.18 Å². The molecule has 1 aliphatic rings. The maximum atomic E-state index is 13.6. The molecule has 0 bridgehead atoms. The van der Waals surface area contributed by atoms with Gasteiger partial charge in [-0.25, -0.2) is 9.82 Å². The van der Waals surface area contributed by atoms with Gasteiger partial charge in [-0.05, 0) is 45.4 Å². The quantitative estimate of drug-likeness (QED) is 0.441. The molecule has 4 N–H and O–H groups in total. The highest BCUT2D eigenvalue weighted by molar-refractivity contribution is 6.30. The Labute approximate surface area is 157 Å². The zero-order chi connectivity index (χ0) is 19.1. The minimum atomic E-state index is -0.657. The van der Waals surface area contributed by atoms with Crippen molar-refractivity contribution in [3.05, 3.63) is 34.6 Å². The van der Waals surface area contributed by atoms with Crippen LogP contribution in [0.1, 0.15) is 37.6 Å². The maximum Gasteiger partial charge on any atom is 0.280 e. The molecule has 1 saturated heterocycles. The van der Waals surface area contributed by atoms with E-state index in [-0.39, 0.29) is 28.8 Å². The molecule has 1 aromatic carbocycles. The molecule has 9 heteroatoms. The summed E-state index contributed by atoms with van der Waals surface area (Å²) < 4.78 is 19.0. The molecule has 144 valence electrons. The molecule has 3 atom stereocenters. The lowest BCUT2D eigenvalue weighted by atomic mass is 10.2. The van der Waals surface area contributed by atoms with E-state index in [4.69, 9.17) is 16.3 Å². The van der Waals surface area contributed by atoms with Gasteiger partial charge < -0.3 is 15.4 Å². The van der Waals surface area contributed by atoms with Crippen LogP contribution >= 0.6 is 11.6 Å². The van der Waals surface area contributed by atoms with E-state index in [0.717, 1.165) is 12.5 Å². The van der Waals surface area contributed by atoms with Gasteiger partial charge >= 0.3 is 0 Å². The predicted molar refractivity (Wildman–Crippen MR) is 99.5 cm³/mol. The summed E-state index contributed by atoms with van der Waals surface area (Å²) >= 11 is 5.66. The van der Waals surface area contributed by atoms with E-state index in [1.54, 1.807) is 0 Å². The summed E-state index contributed by atoms with van der Waals surface area (Å²) in [6.45, 7) is 6.93. The summed E-state index contributed by atoms with van der Waals surface area (Å²) in [4.78, 5) is 16.5. The Balaban J connectivity index is 2.12. The number of carbonyl (C=O) groups is 1. The second kappa shape index (κ2) is 9.82. The average Bonchev–Trinajstić information content (AvgIpc) is 3.00. The van der Waals surface area contributed by atoms with Crippen molar-refractivity contribution >= 4 is 23.5 Å². The van der Waals surface area contributed by atoms with Gasteiger partial charge in [0.05, 0.1) is 17.8 Å². The van der Waals surface area contributed by atoms with E-state index in [2.05, 4.69) is 26.5 Å². The van der Waals surface area contributed by atoms with Gasteiger partial charge in [0, 0.05) is 24.3 Å². The van der Waals surface area contributed by atoms with E-state index in [1.165, 1.54) is 12.1 Å². The van der Waals surface area contributed by atoms with Crippen molar-refractivity contribution in [2.24, 2.45) is 4.99 Å². The molecule has 0 aliphatic carbocycles. The van der Waals surface area contributed by atoms with Gasteiger partial charge in [-0.15, -0.1) is 0 Å². The number of nitrogens with zero attached hydrogens (tertiary/aromatic N) is 1. The first kappa shape index (κ1) is 20.6. The molecular weight excluding hydrogens is 361 g/mol. The number of rotatable bonds is 6. The Morgan fingerprint density at radius 3 is 2.88 bits per heavy atom. The third-order valence-corrected chi connectivity index (χ3v) is 4.05. The lowest BCUT2D eigenvalue weighted by Crippen LogP contribution is -2.52. The third-order valence-electron chi connectivity index (χ3n) is 3.74. The van der Waals surface area contributed by atoms with Crippen LogP contribution in [0.25, 0.3) is 0 Å². The fraction of sp³-hybridized carbons (Fsp3) is 0.529. The number of hydrazine groups is 1. The Hall–Kier alpha value is -1.74. The van der Waals surface area contributed by atoms with Crippen LogP contribution in [-0.2, 0) is 4.74 Å². The predicted octanol–water partition coefficient (Wildman–Crippen LogP) is 1.79. The molecular formula is C17H25ClFN5O2. The van der Waals surface area contributed by atoms with Crippen LogP contribution in [0.3, 0.4) is 0 Å². The topological polar surface area (TPSA) is 86.8 Å². The SMILES string of the molecule is CCOC[C@H](C)N/C(=N/C(=O)c1ccc(Cl)c(F)c1)NC1CC(C)NN1. The van der Waals surface area contributed by atoms with Gasteiger partial charge in [-0.2, -0.15) is 4.99 Å². The largest absolute Gasteiger partial charge is 0.380 e. The summed E-state index contributed by atoms with van der Waals surface area (Å²) in [5.74, 6) is -0.931. The zero-order valence-electron chi connectivity index (χ0n) is 15.1. The molecule has 2 rings (SSSR count). The number of aliphatic imine (C=N–C) groups is 1. The number of guanidine groups is 1. The molecule has 7 nitrogen and oxygen atoms in total. The summed E-state index contributed by atoms with van der Waals surface area (Å²) in [7, 11) is 0. The lowest BCUT2D eigenvalue weighted by molar-refractivity contribution is 0.100. The van der Waals surface area contributed by atoms with Crippen molar-refractivity contribution in [2.45, 2.75) is 45.4 Å². The van der Waals surface area contributed by atoms with Gasteiger partial charge in [0.15, 0.2) is 0 Å². The number of halogens is 2. The number of benzene rings is 1. The fourth-order valence-corrected chi connectivity index (χ4v) is 2.56. The second-order valence-electron chi connectivity index (χ2n) is 6.22. The maximum absolute atomic E-state index is 13.6. The molecule has 1 aliphatic heterocycles. The van der Waals surface area contributed by atoms with Crippen LogP contribution in [0.15, 0.2) is 23.2 Å². The molecule has 0 aromatic heterocycles. The third kappa shape index (κ3) is 6.21. The van der Waals surface area contributed by atoms with Crippen molar-refractivity contribution in [2.75, 3.05) is 13.2 Å². The molecule has 0 saturated carbocycles. The molecule has 1 amide bonds. The van der Waals surface area contributed by atoms with Gasteiger partial charge in [-0.1, -0.05) is 11.6 Å². The van der Waals surface area contributed by atoms with Crippen LogP contribution in [-0.4, -0.2) is 43.3 Å². The Kier molecular flexibility index (Phi) is 7.77. The zero-order valence-corrected chi connectivity index (χ0v) is 15.9. The Morgan fingerprint density at radius 1 is 1.50 bits per heavy atom. The monoisotopic (exact) mass is 385 g/mol. The molecule has 1 fully saturated rings. The molecule has 1 heterocycles.